The Morgan fingerprint density at radius 1 is 1.20 bits per heavy atom. The van der Waals surface area contributed by atoms with E-state index in [1.165, 1.54) is 5.56 Å². The van der Waals surface area contributed by atoms with Crippen LogP contribution >= 0.6 is 0 Å². The fourth-order valence-corrected chi connectivity index (χ4v) is 3.25. The zero-order valence-corrected chi connectivity index (χ0v) is 11.7. The lowest BCUT2D eigenvalue weighted by molar-refractivity contribution is 0.154. The molecule has 0 amide bonds. The molecule has 1 aromatic rings. The van der Waals surface area contributed by atoms with Crippen molar-refractivity contribution in [3.05, 3.63) is 35.9 Å². The summed E-state index contributed by atoms with van der Waals surface area (Å²) in [5, 5.41) is 23.6. The van der Waals surface area contributed by atoms with Gasteiger partial charge in [-0.1, -0.05) is 30.3 Å². The molecule has 110 valence electrons. The highest BCUT2D eigenvalue weighted by Crippen LogP contribution is 2.19. The third-order valence-corrected chi connectivity index (χ3v) is 4.30. The first kappa shape index (κ1) is 14.0. The van der Waals surface area contributed by atoms with Crippen molar-refractivity contribution in [2.24, 2.45) is 5.92 Å². The molecule has 3 rings (SSSR count). The third-order valence-electron chi connectivity index (χ3n) is 4.30. The predicted octanol–water partition coefficient (Wildman–Crippen LogP) is -0.408. The van der Waals surface area contributed by atoms with Gasteiger partial charge in [0.1, 0.15) is 0 Å². The van der Waals surface area contributed by atoms with Crippen LogP contribution in [-0.4, -0.2) is 43.3 Å². The Morgan fingerprint density at radius 3 is 2.85 bits per heavy atom. The lowest BCUT2D eigenvalue weighted by Gasteiger charge is -2.38. The number of benzene rings is 1. The highest BCUT2D eigenvalue weighted by atomic mass is 16.3. The molecule has 5 N–H and O–H groups in total. The quantitative estimate of drug-likeness (QED) is 0.506. The summed E-state index contributed by atoms with van der Waals surface area (Å²) < 4.78 is 0. The number of hydrogen-bond donors (Lipinski definition) is 5. The van der Waals surface area contributed by atoms with Crippen LogP contribution in [0.2, 0.25) is 0 Å². The number of hydrogen-bond acceptors (Lipinski definition) is 5. The highest BCUT2D eigenvalue weighted by Gasteiger charge is 2.36. The number of rotatable bonds is 5. The van der Waals surface area contributed by atoms with Crippen molar-refractivity contribution in [1.82, 2.24) is 21.3 Å². The van der Waals surface area contributed by atoms with E-state index in [1.807, 2.05) is 18.2 Å². The third kappa shape index (κ3) is 3.19. The van der Waals surface area contributed by atoms with Gasteiger partial charge in [-0.3, -0.25) is 16.0 Å². The molecule has 0 radical (unpaired) electrons. The van der Waals surface area contributed by atoms with Crippen LogP contribution < -0.4 is 21.3 Å². The second-order valence-electron chi connectivity index (χ2n) is 5.68. The minimum absolute atomic E-state index is 0.0919. The van der Waals surface area contributed by atoms with Gasteiger partial charge in [-0.15, -0.1) is 0 Å². The van der Waals surface area contributed by atoms with Gasteiger partial charge in [0.15, 0.2) is 0 Å². The van der Waals surface area contributed by atoms with Crippen molar-refractivity contribution in [2.45, 2.75) is 31.2 Å². The summed E-state index contributed by atoms with van der Waals surface area (Å²) in [6, 6.07) is 10.4. The molecule has 0 bridgehead atoms. The van der Waals surface area contributed by atoms with Crippen LogP contribution in [0.15, 0.2) is 30.3 Å². The van der Waals surface area contributed by atoms with Crippen LogP contribution in [0.25, 0.3) is 0 Å². The van der Waals surface area contributed by atoms with Crippen LogP contribution in [0, 0.1) is 5.92 Å². The average Bonchev–Trinajstić information content (AvgIpc) is 2.97. The minimum atomic E-state index is 0.0919. The van der Waals surface area contributed by atoms with E-state index in [0.29, 0.717) is 12.1 Å². The summed E-state index contributed by atoms with van der Waals surface area (Å²) in [5.74, 6) is 0.536. The topological polar surface area (TPSA) is 68.3 Å². The summed E-state index contributed by atoms with van der Waals surface area (Å²) in [4.78, 5) is 0. The molecule has 2 fully saturated rings. The molecule has 5 nitrogen and oxygen atoms in total. The number of aliphatic hydroxyl groups is 1. The van der Waals surface area contributed by atoms with Crippen LogP contribution in [0.3, 0.4) is 0 Å². The van der Waals surface area contributed by atoms with Crippen LogP contribution in [-0.2, 0) is 6.42 Å². The van der Waals surface area contributed by atoms with Crippen molar-refractivity contribution in [1.29, 1.82) is 0 Å². The zero-order chi connectivity index (χ0) is 13.8. The second-order valence-corrected chi connectivity index (χ2v) is 5.68. The smallest absolute Gasteiger partial charge is 0.0642 e. The Hall–Kier alpha value is -0.980. The molecule has 4 atom stereocenters. The fourth-order valence-electron chi connectivity index (χ4n) is 3.25. The van der Waals surface area contributed by atoms with Crippen molar-refractivity contribution >= 4 is 0 Å². The van der Waals surface area contributed by atoms with E-state index >= 15 is 0 Å². The van der Waals surface area contributed by atoms with Gasteiger partial charge in [0.05, 0.1) is 18.9 Å². The van der Waals surface area contributed by atoms with Gasteiger partial charge in [-0.25, -0.2) is 0 Å². The summed E-state index contributed by atoms with van der Waals surface area (Å²) >= 11 is 0. The van der Waals surface area contributed by atoms with E-state index in [4.69, 9.17) is 0 Å². The standard InChI is InChI=1S/C15H24N4O/c20-9-12(8-11-4-2-1-3-5-11)19-15-13-6-7-16-14(13)17-10-18-15/h1-5,12-20H,6-10H2. The summed E-state index contributed by atoms with van der Waals surface area (Å²) in [6.07, 6.45) is 2.67. The molecule has 2 aliphatic rings. The van der Waals surface area contributed by atoms with Crippen molar-refractivity contribution < 1.29 is 5.11 Å². The molecule has 2 heterocycles. The van der Waals surface area contributed by atoms with Crippen LogP contribution in [0.1, 0.15) is 12.0 Å². The zero-order valence-electron chi connectivity index (χ0n) is 11.7. The van der Waals surface area contributed by atoms with Gasteiger partial charge in [-0.2, -0.15) is 0 Å². The monoisotopic (exact) mass is 276 g/mol. The molecule has 0 aliphatic carbocycles. The van der Waals surface area contributed by atoms with Crippen LogP contribution in [0.4, 0.5) is 0 Å². The lowest BCUT2D eigenvalue weighted by atomic mass is 9.98. The first-order chi connectivity index (χ1) is 9.86. The van der Waals surface area contributed by atoms with Gasteiger partial charge in [0.25, 0.3) is 0 Å². The van der Waals surface area contributed by atoms with Gasteiger partial charge in [0.2, 0.25) is 0 Å². The van der Waals surface area contributed by atoms with Gasteiger partial charge in [-0.05, 0) is 24.9 Å². The molecule has 5 heteroatoms. The minimum Gasteiger partial charge on any atom is -0.395 e. The molecular formula is C15H24N4O. The van der Waals surface area contributed by atoms with E-state index < -0.39 is 0 Å². The molecule has 0 aromatic heterocycles. The first-order valence-electron chi connectivity index (χ1n) is 7.48. The molecule has 0 saturated carbocycles. The Kier molecular flexibility index (Phi) is 4.65. The highest BCUT2D eigenvalue weighted by molar-refractivity contribution is 5.16. The van der Waals surface area contributed by atoms with E-state index in [2.05, 4.69) is 33.4 Å². The summed E-state index contributed by atoms with van der Waals surface area (Å²) in [6.45, 7) is 2.02. The SMILES string of the molecule is OCC(Cc1ccccc1)NC1NCNC2NCCC21. The van der Waals surface area contributed by atoms with Crippen molar-refractivity contribution in [2.75, 3.05) is 19.8 Å². The Labute approximate surface area is 120 Å². The van der Waals surface area contributed by atoms with Gasteiger partial charge < -0.3 is 10.4 Å². The van der Waals surface area contributed by atoms with E-state index in [-0.39, 0.29) is 18.8 Å². The summed E-state index contributed by atoms with van der Waals surface area (Å²) in [7, 11) is 0. The van der Waals surface area contributed by atoms with Crippen molar-refractivity contribution in [3.63, 3.8) is 0 Å². The average molecular weight is 276 g/mol. The second kappa shape index (κ2) is 6.65. The molecule has 1 aromatic carbocycles. The maximum atomic E-state index is 9.64. The molecule has 20 heavy (non-hydrogen) atoms. The molecule has 0 spiro atoms. The van der Waals surface area contributed by atoms with E-state index in [1.54, 1.807) is 0 Å². The maximum absolute atomic E-state index is 9.64. The van der Waals surface area contributed by atoms with Gasteiger partial charge in [0, 0.05) is 18.6 Å². The molecule has 4 unspecified atom stereocenters. The molecule has 2 saturated heterocycles. The summed E-state index contributed by atoms with van der Waals surface area (Å²) in [5.41, 5.74) is 1.26. The normalized spacial score (nSPS) is 30.9. The Bertz CT molecular complexity index is 414. The van der Waals surface area contributed by atoms with E-state index in [9.17, 15) is 5.11 Å². The van der Waals surface area contributed by atoms with Crippen LogP contribution in [0.5, 0.6) is 0 Å². The molecule has 2 aliphatic heterocycles. The van der Waals surface area contributed by atoms with Gasteiger partial charge >= 0.3 is 0 Å². The largest absolute Gasteiger partial charge is 0.395 e. The van der Waals surface area contributed by atoms with Crippen molar-refractivity contribution in [3.8, 4) is 0 Å². The Morgan fingerprint density at radius 2 is 2.05 bits per heavy atom. The number of nitrogens with one attached hydrogen (secondary N) is 4. The predicted molar refractivity (Wildman–Crippen MR) is 79.0 cm³/mol. The first-order valence-corrected chi connectivity index (χ1v) is 7.48. The Balaban J connectivity index is 1.59. The fraction of sp³-hybridized carbons (Fsp3) is 0.600. The van der Waals surface area contributed by atoms with E-state index in [0.717, 1.165) is 26.1 Å². The lowest BCUT2D eigenvalue weighted by Crippen LogP contribution is -2.65. The maximum Gasteiger partial charge on any atom is 0.0642 e. The molecular weight excluding hydrogens is 252 g/mol. The number of aliphatic hydroxyl groups excluding tert-OH is 1. The number of fused-ring (bicyclic) bond motifs is 1.